The normalized spacial score (nSPS) is 19.3. The van der Waals surface area contributed by atoms with Crippen LogP contribution in [0.5, 0.6) is 0 Å². The molecule has 1 aliphatic rings. The summed E-state index contributed by atoms with van der Waals surface area (Å²) in [5, 5.41) is 8.69. The van der Waals surface area contributed by atoms with E-state index in [-0.39, 0.29) is 13.2 Å². The maximum Gasteiger partial charge on any atom is 0.411 e. The number of carbonyl (C=O) groups is 1. The van der Waals surface area contributed by atoms with Gasteiger partial charge in [-0.2, -0.15) is 13.2 Å². The molecule has 1 rings (SSSR count). The molecule has 1 fully saturated rings. The Morgan fingerprint density at radius 1 is 1.16 bits per heavy atom. The van der Waals surface area contributed by atoms with E-state index in [1.165, 1.54) is 0 Å². The lowest BCUT2D eigenvalue weighted by Gasteiger charge is -2.20. The van der Waals surface area contributed by atoms with Crippen LogP contribution in [0.2, 0.25) is 0 Å². The summed E-state index contributed by atoms with van der Waals surface area (Å²) in [6.45, 7) is 2.01. The van der Waals surface area contributed by atoms with Gasteiger partial charge in [0, 0.05) is 26.2 Å². The van der Waals surface area contributed by atoms with E-state index in [0.717, 1.165) is 13.0 Å². The molecular weight excluding hydrogens is 265 g/mol. The molecule has 1 aliphatic heterocycles. The van der Waals surface area contributed by atoms with Crippen LogP contribution < -0.4 is 0 Å². The van der Waals surface area contributed by atoms with Gasteiger partial charge < -0.3 is 9.84 Å². The molecule has 0 aromatic carbocycles. The molecule has 8 heteroatoms. The number of carboxylic acids is 1. The number of hydrogen-bond donors (Lipinski definition) is 1. The molecule has 112 valence electrons. The maximum absolute atomic E-state index is 11.9. The average Bonchev–Trinajstić information content (AvgIpc) is 2.48. The minimum Gasteiger partial charge on any atom is -0.480 e. The first kappa shape index (κ1) is 16.2. The predicted molar refractivity (Wildman–Crippen MR) is 62.0 cm³/mol. The number of nitrogens with zero attached hydrogens (tertiary/aromatic N) is 2. The Morgan fingerprint density at radius 2 is 1.79 bits per heavy atom. The van der Waals surface area contributed by atoms with Crippen molar-refractivity contribution in [1.82, 2.24) is 9.80 Å². The van der Waals surface area contributed by atoms with Crippen molar-refractivity contribution in [3.63, 3.8) is 0 Å². The average molecular weight is 284 g/mol. The highest BCUT2D eigenvalue weighted by Crippen LogP contribution is 2.14. The first-order valence-corrected chi connectivity index (χ1v) is 6.18. The summed E-state index contributed by atoms with van der Waals surface area (Å²) in [6, 6.07) is 0. The van der Waals surface area contributed by atoms with Crippen LogP contribution in [0.15, 0.2) is 0 Å². The molecule has 19 heavy (non-hydrogen) atoms. The van der Waals surface area contributed by atoms with E-state index in [0.29, 0.717) is 26.2 Å². The zero-order valence-corrected chi connectivity index (χ0v) is 10.7. The number of rotatable bonds is 6. The van der Waals surface area contributed by atoms with Gasteiger partial charge in [0.1, 0.15) is 6.61 Å². The van der Waals surface area contributed by atoms with Crippen molar-refractivity contribution in [2.24, 2.45) is 0 Å². The van der Waals surface area contributed by atoms with Crippen LogP contribution in [0.4, 0.5) is 13.2 Å². The molecule has 1 heterocycles. The summed E-state index contributed by atoms with van der Waals surface area (Å²) in [5.41, 5.74) is 0. The van der Waals surface area contributed by atoms with E-state index in [4.69, 9.17) is 5.11 Å². The molecule has 5 nitrogen and oxygen atoms in total. The highest BCUT2D eigenvalue weighted by Gasteiger charge is 2.27. The minimum atomic E-state index is -4.28. The molecule has 0 aromatic heterocycles. The summed E-state index contributed by atoms with van der Waals surface area (Å²) in [6.07, 6.45) is -3.47. The number of ether oxygens (including phenoxy) is 1. The van der Waals surface area contributed by atoms with Gasteiger partial charge in [0.05, 0.1) is 13.2 Å². The van der Waals surface area contributed by atoms with E-state index in [9.17, 15) is 18.0 Å². The quantitative estimate of drug-likeness (QED) is 0.726. The van der Waals surface area contributed by atoms with Gasteiger partial charge in [-0.1, -0.05) is 0 Å². The van der Waals surface area contributed by atoms with Gasteiger partial charge in [-0.05, 0) is 13.0 Å². The lowest BCUT2D eigenvalue weighted by atomic mass is 10.4. The van der Waals surface area contributed by atoms with Crippen LogP contribution in [-0.4, -0.2) is 79.5 Å². The fourth-order valence-electron chi connectivity index (χ4n) is 1.98. The molecule has 0 unspecified atom stereocenters. The Bertz CT molecular complexity index is 287. The highest BCUT2D eigenvalue weighted by molar-refractivity contribution is 5.69. The van der Waals surface area contributed by atoms with Gasteiger partial charge in [-0.15, -0.1) is 0 Å². The SMILES string of the molecule is O=C(O)CN1CCCN(CCOCC(F)(F)F)CC1. The Kier molecular flexibility index (Phi) is 6.53. The molecule has 0 bridgehead atoms. The Labute approximate surface area is 109 Å². The lowest BCUT2D eigenvalue weighted by molar-refractivity contribution is -0.174. The standard InChI is InChI=1S/C11H19F3N2O3/c12-11(13,14)9-19-7-6-15-2-1-3-16(5-4-15)8-10(17)18/h1-9H2,(H,17,18). The third-order valence-electron chi connectivity index (χ3n) is 2.86. The summed E-state index contributed by atoms with van der Waals surface area (Å²) in [7, 11) is 0. The molecule has 0 aromatic rings. The van der Waals surface area contributed by atoms with E-state index < -0.39 is 18.8 Å². The van der Waals surface area contributed by atoms with Crippen LogP contribution in [0.25, 0.3) is 0 Å². The second-order valence-electron chi connectivity index (χ2n) is 4.53. The second kappa shape index (κ2) is 7.66. The van der Waals surface area contributed by atoms with Gasteiger partial charge >= 0.3 is 12.1 Å². The first-order valence-electron chi connectivity index (χ1n) is 6.18. The zero-order chi connectivity index (χ0) is 14.3. The van der Waals surface area contributed by atoms with Crippen molar-refractivity contribution >= 4 is 5.97 Å². The Morgan fingerprint density at radius 3 is 2.42 bits per heavy atom. The van der Waals surface area contributed by atoms with Crippen molar-refractivity contribution in [2.75, 3.05) is 52.5 Å². The van der Waals surface area contributed by atoms with Crippen molar-refractivity contribution in [2.45, 2.75) is 12.6 Å². The third kappa shape index (κ3) is 8.02. The first-order chi connectivity index (χ1) is 8.87. The topological polar surface area (TPSA) is 53.0 Å². The van der Waals surface area contributed by atoms with Crippen LogP contribution in [0.3, 0.4) is 0 Å². The Hall–Kier alpha value is -0.860. The van der Waals surface area contributed by atoms with Gasteiger partial charge in [-0.25, -0.2) is 0 Å². The van der Waals surface area contributed by atoms with Crippen molar-refractivity contribution in [1.29, 1.82) is 0 Å². The smallest absolute Gasteiger partial charge is 0.411 e. The Balaban J connectivity index is 2.17. The van der Waals surface area contributed by atoms with Gasteiger partial charge in [0.2, 0.25) is 0 Å². The van der Waals surface area contributed by atoms with Crippen molar-refractivity contribution in [3.8, 4) is 0 Å². The predicted octanol–water partition coefficient (Wildman–Crippen LogP) is 0.658. The van der Waals surface area contributed by atoms with Crippen LogP contribution in [0.1, 0.15) is 6.42 Å². The summed E-state index contributed by atoms with van der Waals surface area (Å²) < 4.78 is 40.1. The van der Waals surface area contributed by atoms with Crippen molar-refractivity contribution < 1.29 is 27.8 Å². The zero-order valence-electron chi connectivity index (χ0n) is 10.7. The molecule has 0 radical (unpaired) electrons. The molecule has 0 atom stereocenters. The van der Waals surface area contributed by atoms with Crippen LogP contribution in [0, 0.1) is 0 Å². The summed E-state index contributed by atoms with van der Waals surface area (Å²) in [5.74, 6) is -0.859. The molecule has 0 spiro atoms. The maximum atomic E-state index is 11.9. The van der Waals surface area contributed by atoms with E-state index in [1.54, 1.807) is 0 Å². The molecule has 1 saturated heterocycles. The fraction of sp³-hybridized carbons (Fsp3) is 0.909. The third-order valence-corrected chi connectivity index (χ3v) is 2.86. The number of aliphatic carboxylic acids is 1. The second-order valence-corrected chi connectivity index (χ2v) is 4.53. The minimum absolute atomic E-state index is 0.0123. The number of alkyl halides is 3. The molecule has 1 N–H and O–H groups in total. The molecule has 0 amide bonds. The van der Waals surface area contributed by atoms with Gasteiger partial charge in [0.15, 0.2) is 0 Å². The lowest BCUT2D eigenvalue weighted by Crippen LogP contribution is -2.35. The number of hydrogen-bond acceptors (Lipinski definition) is 4. The van der Waals surface area contributed by atoms with Gasteiger partial charge in [0.25, 0.3) is 0 Å². The summed E-state index contributed by atoms with van der Waals surface area (Å²) >= 11 is 0. The van der Waals surface area contributed by atoms with Crippen molar-refractivity contribution in [3.05, 3.63) is 0 Å². The summed E-state index contributed by atoms with van der Waals surface area (Å²) in [4.78, 5) is 14.4. The van der Waals surface area contributed by atoms with Gasteiger partial charge in [-0.3, -0.25) is 14.6 Å². The number of halogens is 3. The van der Waals surface area contributed by atoms with E-state index >= 15 is 0 Å². The van der Waals surface area contributed by atoms with Crippen LogP contribution in [-0.2, 0) is 9.53 Å². The van der Waals surface area contributed by atoms with E-state index in [2.05, 4.69) is 4.74 Å². The molecule has 0 aliphatic carbocycles. The molecule has 0 saturated carbocycles. The van der Waals surface area contributed by atoms with E-state index in [1.807, 2.05) is 9.80 Å². The van der Waals surface area contributed by atoms with Crippen LogP contribution >= 0.6 is 0 Å². The number of carboxylic acid groups (broad SMARTS) is 1. The largest absolute Gasteiger partial charge is 0.480 e. The molecular formula is C11H19F3N2O3. The monoisotopic (exact) mass is 284 g/mol. The highest BCUT2D eigenvalue weighted by atomic mass is 19.4. The fourth-order valence-corrected chi connectivity index (χ4v) is 1.98.